The number of nitrogens with zero attached hydrogens (tertiary/aromatic N) is 2. The van der Waals surface area contributed by atoms with E-state index in [0.29, 0.717) is 36.6 Å². The lowest BCUT2D eigenvalue weighted by atomic mass is 9.94. The van der Waals surface area contributed by atoms with Crippen LogP contribution in [0.3, 0.4) is 0 Å². The maximum atomic E-state index is 13.5. The quantitative estimate of drug-likeness (QED) is 0.660. The van der Waals surface area contributed by atoms with E-state index in [2.05, 4.69) is 5.32 Å². The van der Waals surface area contributed by atoms with Crippen molar-refractivity contribution in [2.45, 2.75) is 57.7 Å². The summed E-state index contributed by atoms with van der Waals surface area (Å²) in [5, 5.41) is 2.73. The SMILES string of the molecule is CC(=O)Nc1ccc2c(c1)CCC21OC(=O)N(CC(=O)N(Cc2ccccc2)C(C)C2CC2)C1=O. The van der Waals surface area contributed by atoms with Crippen molar-refractivity contribution in [3.05, 3.63) is 65.2 Å². The van der Waals surface area contributed by atoms with Crippen LogP contribution in [0.15, 0.2) is 48.5 Å². The first kappa shape index (κ1) is 23.1. The number of carbonyl (C=O) groups excluding carboxylic acids is 4. The van der Waals surface area contributed by atoms with Gasteiger partial charge in [0.1, 0.15) is 6.54 Å². The summed E-state index contributed by atoms with van der Waals surface area (Å²) in [4.78, 5) is 54.0. The van der Waals surface area contributed by atoms with Crippen molar-refractivity contribution in [1.82, 2.24) is 9.80 Å². The molecule has 1 heterocycles. The molecular weight excluding hydrogens is 446 g/mol. The third-order valence-electron chi connectivity index (χ3n) is 7.28. The number of amides is 4. The highest BCUT2D eigenvalue weighted by Crippen LogP contribution is 2.46. The Hall–Kier alpha value is -3.68. The molecule has 8 heteroatoms. The minimum atomic E-state index is -1.41. The Balaban J connectivity index is 1.36. The number of benzene rings is 2. The van der Waals surface area contributed by atoms with Gasteiger partial charge in [0, 0.05) is 37.2 Å². The number of imide groups is 1. The summed E-state index contributed by atoms with van der Waals surface area (Å²) in [7, 11) is 0. The summed E-state index contributed by atoms with van der Waals surface area (Å²) in [6.07, 6.45) is 2.20. The molecular formula is C27H29N3O5. The zero-order valence-corrected chi connectivity index (χ0v) is 20.0. The van der Waals surface area contributed by atoms with Crippen LogP contribution < -0.4 is 5.32 Å². The monoisotopic (exact) mass is 475 g/mol. The van der Waals surface area contributed by atoms with Crippen LogP contribution in [0, 0.1) is 5.92 Å². The molecule has 5 rings (SSSR count). The fraction of sp³-hybridized carbons (Fsp3) is 0.407. The van der Waals surface area contributed by atoms with Crippen molar-refractivity contribution in [2.24, 2.45) is 5.92 Å². The second-order valence-electron chi connectivity index (χ2n) is 9.72. The highest BCUT2D eigenvalue weighted by molar-refractivity contribution is 6.06. The first-order valence-corrected chi connectivity index (χ1v) is 12.1. The molecule has 2 aromatic carbocycles. The molecule has 2 aliphatic carbocycles. The number of anilines is 1. The van der Waals surface area contributed by atoms with Gasteiger partial charge in [-0.3, -0.25) is 14.4 Å². The summed E-state index contributed by atoms with van der Waals surface area (Å²) in [6, 6.07) is 15.0. The van der Waals surface area contributed by atoms with Crippen LogP contribution in [0.25, 0.3) is 0 Å². The van der Waals surface area contributed by atoms with Crippen LogP contribution in [-0.4, -0.2) is 46.2 Å². The highest BCUT2D eigenvalue weighted by Gasteiger charge is 2.58. The van der Waals surface area contributed by atoms with Gasteiger partial charge in [0.25, 0.3) is 5.91 Å². The van der Waals surface area contributed by atoms with Gasteiger partial charge in [-0.25, -0.2) is 9.69 Å². The van der Waals surface area contributed by atoms with Gasteiger partial charge in [-0.15, -0.1) is 0 Å². The molecule has 2 aromatic rings. The number of nitrogens with one attached hydrogen (secondary N) is 1. The third-order valence-corrected chi connectivity index (χ3v) is 7.28. The van der Waals surface area contributed by atoms with Gasteiger partial charge in [-0.05, 0) is 55.4 Å². The van der Waals surface area contributed by atoms with Gasteiger partial charge in [0.15, 0.2) is 0 Å². The zero-order valence-electron chi connectivity index (χ0n) is 20.0. The third kappa shape index (κ3) is 4.29. The van der Waals surface area contributed by atoms with Gasteiger partial charge in [0.2, 0.25) is 17.4 Å². The van der Waals surface area contributed by atoms with Gasteiger partial charge >= 0.3 is 6.09 Å². The number of hydrogen-bond acceptors (Lipinski definition) is 5. The average Bonchev–Trinajstić information content (AvgIpc) is 3.58. The van der Waals surface area contributed by atoms with E-state index in [-0.39, 0.29) is 24.4 Å². The summed E-state index contributed by atoms with van der Waals surface area (Å²) < 4.78 is 5.68. The number of aryl methyl sites for hydroxylation is 1. The van der Waals surface area contributed by atoms with Crippen molar-refractivity contribution < 1.29 is 23.9 Å². The van der Waals surface area contributed by atoms with Gasteiger partial charge in [-0.1, -0.05) is 36.4 Å². The van der Waals surface area contributed by atoms with Crippen LogP contribution in [0.5, 0.6) is 0 Å². The van der Waals surface area contributed by atoms with Crippen molar-refractivity contribution in [3.8, 4) is 0 Å². The topological polar surface area (TPSA) is 96.0 Å². The molecule has 1 saturated heterocycles. The fourth-order valence-electron chi connectivity index (χ4n) is 5.23. The average molecular weight is 476 g/mol. The van der Waals surface area contributed by atoms with Crippen LogP contribution in [0.1, 0.15) is 49.8 Å². The van der Waals surface area contributed by atoms with E-state index in [0.717, 1.165) is 28.9 Å². The minimum Gasteiger partial charge on any atom is -0.427 e. The van der Waals surface area contributed by atoms with E-state index in [9.17, 15) is 19.2 Å². The number of carbonyl (C=O) groups is 4. The summed E-state index contributed by atoms with van der Waals surface area (Å²) in [6.45, 7) is 3.54. The molecule has 1 spiro atoms. The van der Waals surface area contributed by atoms with E-state index >= 15 is 0 Å². The van der Waals surface area contributed by atoms with Crippen molar-refractivity contribution in [3.63, 3.8) is 0 Å². The second kappa shape index (κ2) is 8.83. The number of hydrogen-bond donors (Lipinski definition) is 1. The molecule has 1 saturated carbocycles. The predicted octanol–water partition coefficient (Wildman–Crippen LogP) is 3.59. The van der Waals surface area contributed by atoms with Gasteiger partial charge in [0.05, 0.1) is 0 Å². The molecule has 3 aliphatic rings. The summed E-state index contributed by atoms with van der Waals surface area (Å²) in [5.74, 6) is -0.517. The van der Waals surface area contributed by atoms with Crippen molar-refractivity contribution >= 4 is 29.5 Å². The van der Waals surface area contributed by atoms with Gasteiger partial charge in [-0.2, -0.15) is 0 Å². The molecule has 2 unspecified atom stereocenters. The lowest BCUT2D eigenvalue weighted by Gasteiger charge is -2.30. The molecule has 1 N–H and O–H groups in total. The Labute approximate surface area is 204 Å². The van der Waals surface area contributed by atoms with E-state index in [1.807, 2.05) is 37.3 Å². The smallest absolute Gasteiger partial charge is 0.418 e. The molecule has 0 aromatic heterocycles. The van der Waals surface area contributed by atoms with E-state index < -0.39 is 17.6 Å². The predicted molar refractivity (Wildman–Crippen MR) is 128 cm³/mol. The Morgan fingerprint density at radius 1 is 1.17 bits per heavy atom. The minimum absolute atomic E-state index is 0.0183. The van der Waals surface area contributed by atoms with Crippen molar-refractivity contribution in [2.75, 3.05) is 11.9 Å². The first-order chi connectivity index (χ1) is 16.8. The molecule has 2 fully saturated rings. The maximum absolute atomic E-state index is 13.5. The van der Waals surface area contributed by atoms with Gasteiger partial charge < -0.3 is 15.0 Å². The second-order valence-corrected chi connectivity index (χ2v) is 9.72. The van der Waals surface area contributed by atoms with Crippen LogP contribution in [0.2, 0.25) is 0 Å². The normalized spacial score (nSPS) is 21.6. The Bertz CT molecular complexity index is 1190. The first-order valence-electron chi connectivity index (χ1n) is 12.1. The number of rotatable bonds is 7. The van der Waals surface area contributed by atoms with E-state index in [1.54, 1.807) is 23.1 Å². The zero-order chi connectivity index (χ0) is 24.7. The largest absolute Gasteiger partial charge is 0.427 e. The number of ether oxygens (including phenoxy) is 1. The summed E-state index contributed by atoms with van der Waals surface area (Å²) in [5.41, 5.74) is 1.68. The Kier molecular flexibility index (Phi) is 5.83. The standard InChI is InChI=1S/C27H29N3O5/c1-17(20-8-9-20)29(15-19-6-4-3-5-7-19)24(32)16-30-25(33)27(35-26(30)34)13-12-21-14-22(28-18(2)31)10-11-23(21)27/h3-7,10-11,14,17,20H,8-9,12-13,15-16H2,1-2H3,(H,28,31). The highest BCUT2D eigenvalue weighted by atomic mass is 16.6. The van der Waals surface area contributed by atoms with Crippen molar-refractivity contribution in [1.29, 1.82) is 0 Å². The lowest BCUT2D eigenvalue weighted by molar-refractivity contribution is -0.143. The number of fused-ring (bicyclic) bond motifs is 2. The molecule has 182 valence electrons. The molecule has 0 bridgehead atoms. The summed E-state index contributed by atoms with van der Waals surface area (Å²) >= 11 is 0. The van der Waals surface area contributed by atoms with Crippen LogP contribution >= 0.6 is 0 Å². The molecule has 0 radical (unpaired) electrons. The molecule has 8 nitrogen and oxygen atoms in total. The molecule has 4 amide bonds. The maximum Gasteiger partial charge on any atom is 0.418 e. The fourth-order valence-corrected chi connectivity index (χ4v) is 5.23. The molecule has 1 aliphatic heterocycles. The molecule has 35 heavy (non-hydrogen) atoms. The lowest BCUT2D eigenvalue weighted by Crippen LogP contribution is -2.47. The Morgan fingerprint density at radius 2 is 1.91 bits per heavy atom. The van der Waals surface area contributed by atoms with E-state index in [4.69, 9.17) is 4.74 Å². The van der Waals surface area contributed by atoms with Crippen LogP contribution in [-0.2, 0) is 37.7 Å². The van der Waals surface area contributed by atoms with E-state index in [1.165, 1.54) is 6.92 Å². The Morgan fingerprint density at radius 3 is 2.60 bits per heavy atom. The van der Waals surface area contributed by atoms with Crippen LogP contribution in [0.4, 0.5) is 10.5 Å². The molecule has 2 atom stereocenters.